The van der Waals surface area contributed by atoms with Crippen molar-refractivity contribution in [2.45, 2.75) is 23.4 Å². The van der Waals surface area contributed by atoms with Gasteiger partial charge in [0.05, 0.1) is 18.3 Å². The molecule has 2 aliphatic rings. The second-order valence-corrected chi connectivity index (χ2v) is 9.49. The fourth-order valence-corrected chi connectivity index (χ4v) is 5.87. The maximum atomic E-state index is 13.2. The van der Waals surface area contributed by atoms with E-state index in [9.17, 15) is 13.2 Å². The predicted octanol–water partition coefficient (Wildman–Crippen LogP) is 2.58. The highest BCUT2D eigenvalue weighted by atomic mass is 32.2. The molecule has 0 atom stereocenters. The quantitative estimate of drug-likeness (QED) is 0.638. The first-order valence-electron chi connectivity index (χ1n) is 10.0. The Hall–Kier alpha value is -3.17. The van der Waals surface area contributed by atoms with Gasteiger partial charge >= 0.3 is 0 Å². The number of rotatable bonds is 2. The van der Waals surface area contributed by atoms with Crippen LogP contribution < -0.4 is 14.8 Å². The Kier molecular flexibility index (Phi) is 4.60. The van der Waals surface area contributed by atoms with Crippen LogP contribution >= 0.6 is 0 Å². The van der Waals surface area contributed by atoms with Crippen LogP contribution in [0.3, 0.4) is 0 Å². The molecule has 1 saturated heterocycles. The Labute approximate surface area is 180 Å². The first-order valence-corrected chi connectivity index (χ1v) is 11.5. The van der Waals surface area contributed by atoms with E-state index < -0.39 is 15.7 Å². The van der Waals surface area contributed by atoms with Crippen molar-refractivity contribution in [3.63, 3.8) is 0 Å². The zero-order valence-corrected chi connectivity index (χ0v) is 17.8. The first-order chi connectivity index (χ1) is 14.9. The Bertz CT molecular complexity index is 1280. The number of anilines is 1. The summed E-state index contributed by atoms with van der Waals surface area (Å²) in [6, 6.07) is 14.1. The van der Waals surface area contributed by atoms with Crippen molar-refractivity contribution < 1.29 is 17.9 Å². The van der Waals surface area contributed by atoms with Gasteiger partial charge in [0, 0.05) is 49.1 Å². The smallest absolute Gasteiger partial charge is 0.254 e. The molecular formula is C22H22N4O4S. The average Bonchev–Trinajstić information content (AvgIpc) is 2.77. The number of fused-ring (bicyclic) bond motifs is 2. The van der Waals surface area contributed by atoms with Crippen molar-refractivity contribution >= 4 is 32.5 Å². The Morgan fingerprint density at radius 3 is 2.71 bits per heavy atom. The Morgan fingerprint density at radius 1 is 1.13 bits per heavy atom. The van der Waals surface area contributed by atoms with Crippen molar-refractivity contribution in [1.82, 2.24) is 14.6 Å². The van der Waals surface area contributed by atoms with Crippen molar-refractivity contribution in [3.05, 3.63) is 60.3 Å². The summed E-state index contributed by atoms with van der Waals surface area (Å²) in [5, 5.41) is 4.17. The number of nitrogens with one attached hydrogen (secondary N) is 2. The third-order valence-corrected chi connectivity index (χ3v) is 7.55. The fourth-order valence-electron chi connectivity index (χ4n) is 4.34. The number of aromatic nitrogens is 1. The van der Waals surface area contributed by atoms with E-state index in [0.717, 1.165) is 10.9 Å². The molecule has 9 heteroatoms. The third kappa shape index (κ3) is 3.39. The number of hydrogen-bond acceptors (Lipinski definition) is 6. The molecule has 0 saturated carbocycles. The van der Waals surface area contributed by atoms with E-state index in [0.29, 0.717) is 42.9 Å². The van der Waals surface area contributed by atoms with Gasteiger partial charge in [-0.25, -0.2) is 8.42 Å². The monoisotopic (exact) mass is 438 g/mol. The Morgan fingerprint density at radius 2 is 1.94 bits per heavy atom. The molecule has 0 bridgehead atoms. The van der Waals surface area contributed by atoms with E-state index in [1.165, 1.54) is 6.07 Å². The van der Waals surface area contributed by atoms with Gasteiger partial charge in [-0.2, -0.15) is 4.72 Å². The van der Waals surface area contributed by atoms with Crippen LogP contribution in [0.15, 0.2) is 59.6 Å². The second-order valence-electron chi connectivity index (χ2n) is 7.84. The standard InChI is InChI=1S/C22H22N4O4S/c1-30-15-7-8-20-19(14-15)24-22(25-31(20,28)29)9-12-26(13-10-22)21(27)17-4-2-6-18-16(17)5-3-11-23-18/h2-8,11,14,24-25H,9-10,12-13H2,1H3. The molecule has 3 heterocycles. The summed E-state index contributed by atoms with van der Waals surface area (Å²) >= 11 is 0. The number of sulfonamides is 1. The van der Waals surface area contributed by atoms with Crippen LogP contribution in [0.2, 0.25) is 0 Å². The van der Waals surface area contributed by atoms with Crippen LogP contribution in [0.5, 0.6) is 5.75 Å². The van der Waals surface area contributed by atoms with E-state index in [1.54, 1.807) is 36.4 Å². The molecule has 0 radical (unpaired) electrons. The molecule has 5 rings (SSSR count). The number of nitrogens with zero attached hydrogens (tertiary/aromatic N) is 2. The number of carbonyl (C=O) groups excluding carboxylic acids is 1. The summed E-state index contributed by atoms with van der Waals surface area (Å²) in [7, 11) is -2.13. The highest BCUT2D eigenvalue weighted by molar-refractivity contribution is 7.89. The van der Waals surface area contributed by atoms with Gasteiger partial charge in [-0.05, 0) is 30.3 Å². The molecule has 0 aliphatic carbocycles. The largest absolute Gasteiger partial charge is 0.497 e. The molecular weight excluding hydrogens is 416 g/mol. The molecule has 1 aromatic heterocycles. The van der Waals surface area contributed by atoms with E-state index in [1.807, 2.05) is 24.3 Å². The molecule has 3 aromatic rings. The summed E-state index contributed by atoms with van der Waals surface area (Å²) < 4.78 is 33.7. The summed E-state index contributed by atoms with van der Waals surface area (Å²) in [6.07, 6.45) is 2.59. The molecule has 1 fully saturated rings. The summed E-state index contributed by atoms with van der Waals surface area (Å²) in [5.41, 5.74) is 1.05. The van der Waals surface area contributed by atoms with E-state index in [-0.39, 0.29) is 10.8 Å². The number of hydrogen-bond donors (Lipinski definition) is 2. The van der Waals surface area contributed by atoms with Gasteiger partial charge in [0.15, 0.2) is 0 Å². The second kappa shape index (κ2) is 7.21. The Balaban J connectivity index is 1.39. The average molecular weight is 439 g/mol. The zero-order valence-electron chi connectivity index (χ0n) is 17.0. The maximum absolute atomic E-state index is 13.2. The number of ether oxygens (including phenoxy) is 1. The number of carbonyl (C=O) groups is 1. The van der Waals surface area contributed by atoms with Gasteiger partial charge in [0.2, 0.25) is 10.0 Å². The molecule has 8 nitrogen and oxygen atoms in total. The van der Waals surface area contributed by atoms with Gasteiger partial charge in [-0.1, -0.05) is 12.1 Å². The maximum Gasteiger partial charge on any atom is 0.254 e. The van der Waals surface area contributed by atoms with Gasteiger partial charge in [0.25, 0.3) is 5.91 Å². The lowest BCUT2D eigenvalue weighted by molar-refractivity contribution is 0.0678. The van der Waals surface area contributed by atoms with Crippen molar-refractivity contribution in [1.29, 1.82) is 0 Å². The lowest BCUT2D eigenvalue weighted by Gasteiger charge is -2.45. The van der Waals surface area contributed by atoms with Crippen LogP contribution in [0.25, 0.3) is 10.9 Å². The number of benzene rings is 2. The van der Waals surface area contributed by atoms with Gasteiger partial charge < -0.3 is 15.0 Å². The molecule has 2 aliphatic heterocycles. The molecule has 31 heavy (non-hydrogen) atoms. The number of pyridine rings is 1. The van der Waals surface area contributed by atoms with Crippen molar-refractivity contribution in [3.8, 4) is 5.75 Å². The van der Waals surface area contributed by atoms with Crippen LogP contribution in [-0.2, 0) is 10.0 Å². The van der Waals surface area contributed by atoms with Crippen molar-refractivity contribution in [2.24, 2.45) is 0 Å². The molecule has 1 spiro atoms. The lowest BCUT2D eigenvalue weighted by Crippen LogP contribution is -2.62. The molecule has 2 aromatic carbocycles. The highest BCUT2D eigenvalue weighted by Gasteiger charge is 2.44. The first kappa shape index (κ1) is 19.8. The van der Waals surface area contributed by atoms with Gasteiger partial charge in [0.1, 0.15) is 16.3 Å². The third-order valence-electron chi connectivity index (χ3n) is 5.96. The van der Waals surface area contributed by atoms with Crippen LogP contribution in [-0.4, -0.2) is 50.1 Å². The highest BCUT2D eigenvalue weighted by Crippen LogP contribution is 2.37. The predicted molar refractivity (Wildman–Crippen MR) is 117 cm³/mol. The number of methoxy groups -OCH3 is 1. The summed E-state index contributed by atoms with van der Waals surface area (Å²) in [5.74, 6) is 0.505. The number of amides is 1. The van der Waals surface area contributed by atoms with Gasteiger partial charge in [-0.3, -0.25) is 9.78 Å². The minimum Gasteiger partial charge on any atom is -0.497 e. The summed E-state index contributed by atoms with van der Waals surface area (Å²) in [4.78, 5) is 19.5. The molecule has 160 valence electrons. The van der Waals surface area contributed by atoms with E-state index in [2.05, 4.69) is 15.0 Å². The van der Waals surface area contributed by atoms with E-state index >= 15 is 0 Å². The number of piperidine rings is 1. The van der Waals surface area contributed by atoms with E-state index in [4.69, 9.17) is 4.74 Å². The SMILES string of the molecule is COc1ccc2c(c1)NC1(CCN(C(=O)c3cccc4ncccc34)CC1)NS2(=O)=O. The van der Waals surface area contributed by atoms with Gasteiger partial charge in [-0.15, -0.1) is 0 Å². The molecule has 2 N–H and O–H groups in total. The molecule has 0 unspecified atom stereocenters. The van der Waals surface area contributed by atoms with Crippen LogP contribution in [0, 0.1) is 0 Å². The van der Waals surface area contributed by atoms with Crippen molar-refractivity contribution in [2.75, 3.05) is 25.5 Å². The lowest BCUT2D eigenvalue weighted by atomic mass is 9.96. The molecule has 1 amide bonds. The minimum atomic E-state index is -3.67. The van der Waals surface area contributed by atoms with Crippen LogP contribution in [0.1, 0.15) is 23.2 Å². The van der Waals surface area contributed by atoms with Crippen LogP contribution in [0.4, 0.5) is 5.69 Å². The fraction of sp³-hybridized carbons (Fsp3) is 0.273. The normalized spacial score (nSPS) is 18.9. The topological polar surface area (TPSA) is 101 Å². The number of likely N-dealkylation sites (tertiary alicyclic amines) is 1. The summed E-state index contributed by atoms with van der Waals surface area (Å²) in [6.45, 7) is 0.842. The zero-order chi connectivity index (χ0) is 21.6. The minimum absolute atomic E-state index is 0.0748.